The van der Waals surface area contributed by atoms with E-state index in [1.807, 2.05) is 0 Å². The van der Waals surface area contributed by atoms with Crippen LogP contribution in [0.1, 0.15) is 20.7 Å². The smallest absolute Gasteiger partial charge is 0.149 e. The second-order valence-electron chi connectivity index (χ2n) is 4.30. The third-order valence-electron chi connectivity index (χ3n) is 2.13. The molecule has 1 aromatic carbocycles. The van der Waals surface area contributed by atoms with E-state index in [1.54, 1.807) is 18.2 Å². The molecule has 0 fully saturated rings. The summed E-state index contributed by atoms with van der Waals surface area (Å²) in [5.41, 5.74) is 1.32. The van der Waals surface area contributed by atoms with Crippen LogP contribution in [0.3, 0.4) is 0 Å². The maximum atomic E-state index is 10.8. The van der Waals surface area contributed by atoms with E-state index < -0.39 is 8.07 Å². The topological polar surface area (TPSA) is 34.1 Å². The maximum Gasteiger partial charge on any atom is 0.149 e. The third-order valence-corrected chi connectivity index (χ3v) is 4.21. The monoisotopic (exact) mass is 206 g/mol. The van der Waals surface area contributed by atoms with Gasteiger partial charge in [0.1, 0.15) is 12.6 Å². The summed E-state index contributed by atoms with van der Waals surface area (Å²) in [5, 5.41) is 0.963. The van der Waals surface area contributed by atoms with Gasteiger partial charge in [0, 0.05) is 11.1 Å². The zero-order valence-corrected chi connectivity index (χ0v) is 9.70. The minimum Gasteiger partial charge on any atom is -0.298 e. The van der Waals surface area contributed by atoms with Crippen molar-refractivity contribution in [2.24, 2.45) is 0 Å². The highest BCUT2D eigenvalue weighted by Crippen LogP contribution is 2.09. The van der Waals surface area contributed by atoms with Crippen molar-refractivity contribution in [2.75, 3.05) is 0 Å². The van der Waals surface area contributed by atoms with Crippen molar-refractivity contribution in [2.45, 2.75) is 19.6 Å². The standard InChI is InChI=1S/C11H14O2Si/c1-14(2,3)11-9(7-12)5-4-6-10(11)8-13/h4-8H,1-3H3. The molecule has 0 saturated heterocycles. The van der Waals surface area contributed by atoms with Crippen molar-refractivity contribution in [3.05, 3.63) is 29.3 Å². The quantitative estimate of drug-likeness (QED) is 0.559. The van der Waals surface area contributed by atoms with Gasteiger partial charge < -0.3 is 0 Å². The molecule has 0 heterocycles. The second-order valence-corrected chi connectivity index (χ2v) is 9.30. The van der Waals surface area contributed by atoms with Crippen molar-refractivity contribution in [1.29, 1.82) is 0 Å². The van der Waals surface area contributed by atoms with Crippen molar-refractivity contribution < 1.29 is 9.59 Å². The highest BCUT2D eigenvalue weighted by molar-refractivity contribution is 6.90. The Bertz CT molecular complexity index is 338. The van der Waals surface area contributed by atoms with Gasteiger partial charge in [0.2, 0.25) is 0 Å². The molecular formula is C11H14O2Si. The van der Waals surface area contributed by atoms with Crippen molar-refractivity contribution in [3.8, 4) is 0 Å². The van der Waals surface area contributed by atoms with E-state index in [0.29, 0.717) is 11.1 Å². The van der Waals surface area contributed by atoms with Gasteiger partial charge in [-0.1, -0.05) is 37.8 Å². The Morgan fingerprint density at radius 2 is 1.43 bits per heavy atom. The molecule has 0 saturated carbocycles. The van der Waals surface area contributed by atoms with Crippen LogP contribution in [0.2, 0.25) is 19.6 Å². The Labute approximate surface area is 85.0 Å². The van der Waals surface area contributed by atoms with Gasteiger partial charge in [0.25, 0.3) is 0 Å². The summed E-state index contributed by atoms with van der Waals surface area (Å²) in [6, 6.07) is 5.29. The molecule has 3 heteroatoms. The summed E-state index contributed by atoms with van der Waals surface area (Å²) >= 11 is 0. The summed E-state index contributed by atoms with van der Waals surface area (Å²) in [6.45, 7) is 6.38. The van der Waals surface area contributed by atoms with E-state index in [9.17, 15) is 9.59 Å². The molecule has 0 unspecified atom stereocenters. The zero-order chi connectivity index (χ0) is 10.8. The molecule has 1 rings (SSSR count). The summed E-state index contributed by atoms with van der Waals surface area (Å²) < 4.78 is 0. The minimum atomic E-state index is -1.63. The lowest BCUT2D eigenvalue weighted by molar-refractivity contribution is 0.112. The van der Waals surface area contributed by atoms with Gasteiger partial charge >= 0.3 is 0 Å². The Morgan fingerprint density at radius 1 is 1.00 bits per heavy atom. The average Bonchev–Trinajstić information content (AvgIpc) is 2.15. The van der Waals surface area contributed by atoms with E-state index in [0.717, 1.165) is 17.8 Å². The van der Waals surface area contributed by atoms with Gasteiger partial charge in [-0.05, 0) is 5.19 Å². The van der Waals surface area contributed by atoms with E-state index >= 15 is 0 Å². The highest BCUT2D eigenvalue weighted by atomic mass is 28.3. The molecule has 0 bridgehead atoms. The van der Waals surface area contributed by atoms with Gasteiger partial charge in [-0.3, -0.25) is 9.59 Å². The molecule has 0 radical (unpaired) electrons. The summed E-state index contributed by atoms with van der Waals surface area (Å²) in [5.74, 6) is 0. The fourth-order valence-corrected chi connectivity index (χ4v) is 3.67. The van der Waals surface area contributed by atoms with Crippen molar-refractivity contribution in [3.63, 3.8) is 0 Å². The van der Waals surface area contributed by atoms with Crippen LogP contribution < -0.4 is 5.19 Å². The van der Waals surface area contributed by atoms with E-state index in [4.69, 9.17) is 0 Å². The first kappa shape index (κ1) is 10.9. The van der Waals surface area contributed by atoms with Gasteiger partial charge in [0.15, 0.2) is 0 Å². The minimum absolute atomic E-state index is 0.661. The summed E-state index contributed by atoms with van der Waals surface area (Å²) in [6.07, 6.45) is 1.67. The van der Waals surface area contributed by atoms with E-state index in [1.165, 1.54) is 0 Å². The van der Waals surface area contributed by atoms with Crippen LogP contribution in [0.5, 0.6) is 0 Å². The molecule has 0 aromatic heterocycles. The van der Waals surface area contributed by atoms with Crippen LogP contribution in [0.15, 0.2) is 18.2 Å². The molecule has 0 aliphatic rings. The number of benzene rings is 1. The lowest BCUT2D eigenvalue weighted by Gasteiger charge is -2.20. The Kier molecular flexibility index (Phi) is 3.01. The molecule has 14 heavy (non-hydrogen) atoms. The fourth-order valence-electron chi connectivity index (χ4n) is 1.65. The van der Waals surface area contributed by atoms with E-state index in [-0.39, 0.29) is 0 Å². The number of rotatable bonds is 3. The van der Waals surface area contributed by atoms with Crippen LogP contribution >= 0.6 is 0 Å². The van der Waals surface area contributed by atoms with Crippen LogP contribution in [0, 0.1) is 0 Å². The molecule has 0 aliphatic heterocycles. The normalized spacial score (nSPS) is 11.1. The predicted molar refractivity (Wildman–Crippen MR) is 60.2 cm³/mol. The lowest BCUT2D eigenvalue weighted by atomic mass is 10.1. The van der Waals surface area contributed by atoms with E-state index in [2.05, 4.69) is 19.6 Å². The van der Waals surface area contributed by atoms with Gasteiger partial charge in [-0.2, -0.15) is 0 Å². The van der Waals surface area contributed by atoms with Crippen LogP contribution in [-0.2, 0) is 0 Å². The predicted octanol–water partition coefficient (Wildman–Crippen LogP) is 1.86. The Balaban J connectivity index is 3.49. The number of carbonyl (C=O) groups is 2. The molecule has 74 valence electrons. The Morgan fingerprint density at radius 3 is 1.71 bits per heavy atom. The first-order valence-electron chi connectivity index (χ1n) is 4.54. The molecule has 2 nitrogen and oxygen atoms in total. The third kappa shape index (κ3) is 1.99. The van der Waals surface area contributed by atoms with Crippen LogP contribution in [-0.4, -0.2) is 20.6 Å². The van der Waals surface area contributed by atoms with Gasteiger partial charge in [-0.25, -0.2) is 0 Å². The number of hydrogen-bond acceptors (Lipinski definition) is 2. The van der Waals surface area contributed by atoms with Crippen molar-refractivity contribution in [1.82, 2.24) is 0 Å². The molecule has 1 aromatic rings. The Hall–Kier alpha value is -1.22. The lowest BCUT2D eigenvalue weighted by Crippen LogP contribution is -2.42. The first-order chi connectivity index (χ1) is 6.50. The van der Waals surface area contributed by atoms with Crippen LogP contribution in [0.4, 0.5) is 0 Å². The van der Waals surface area contributed by atoms with Gasteiger partial charge in [-0.15, -0.1) is 0 Å². The maximum absolute atomic E-state index is 10.8. The van der Waals surface area contributed by atoms with Crippen molar-refractivity contribution >= 4 is 25.8 Å². The second kappa shape index (κ2) is 3.88. The van der Waals surface area contributed by atoms with Gasteiger partial charge in [0.05, 0.1) is 8.07 Å². The molecule has 0 atom stereocenters. The summed E-state index contributed by atoms with van der Waals surface area (Å²) in [7, 11) is -1.63. The molecule has 0 spiro atoms. The average molecular weight is 206 g/mol. The molecular weight excluding hydrogens is 192 g/mol. The summed E-state index contributed by atoms with van der Waals surface area (Å²) in [4.78, 5) is 21.7. The molecule has 0 aliphatic carbocycles. The number of hydrogen-bond donors (Lipinski definition) is 0. The zero-order valence-electron chi connectivity index (χ0n) is 8.70. The largest absolute Gasteiger partial charge is 0.298 e. The number of carbonyl (C=O) groups excluding carboxylic acids is 2. The highest BCUT2D eigenvalue weighted by Gasteiger charge is 2.23. The first-order valence-corrected chi connectivity index (χ1v) is 8.04. The number of aldehydes is 2. The fraction of sp³-hybridized carbons (Fsp3) is 0.273. The van der Waals surface area contributed by atoms with Crippen LogP contribution in [0.25, 0.3) is 0 Å². The SMILES string of the molecule is C[Si](C)(C)c1c(C=O)cccc1C=O. The molecule has 0 amide bonds. The molecule has 0 N–H and O–H groups in total.